The first-order chi connectivity index (χ1) is 39.4. The Kier molecular flexibility index (Phi) is 59.1. The largest absolute Gasteiger partial charge is 0.472 e. The minimum Gasteiger partial charge on any atom is -0.456 e. The highest BCUT2D eigenvalue weighted by Gasteiger charge is 2.30. The Hall–Kier alpha value is -2.29. The molecule has 0 aliphatic heterocycles. The van der Waals surface area contributed by atoms with Crippen molar-refractivity contribution in [1.82, 2.24) is 5.32 Å². The van der Waals surface area contributed by atoms with Crippen LogP contribution in [0.25, 0.3) is 0 Å². The van der Waals surface area contributed by atoms with Crippen molar-refractivity contribution in [3.63, 3.8) is 0 Å². The van der Waals surface area contributed by atoms with E-state index in [-0.39, 0.29) is 31.5 Å². The van der Waals surface area contributed by atoms with E-state index in [9.17, 15) is 19.0 Å². The predicted octanol–water partition coefficient (Wildman–Crippen LogP) is 21.8. The van der Waals surface area contributed by atoms with Crippen molar-refractivity contribution in [1.29, 1.82) is 0 Å². The number of phosphoric ester groups is 1. The highest BCUT2D eigenvalue weighted by molar-refractivity contribution is 7.47. The molecular weight excluding hydrogens is 1020 g/mol. The second-order valence-electron chi connectivity index (χ2n) is 24.7. The summed E-state index contributed by atoms with van der Waals surface area (Å²) in [7, 11) is 1.50. The van der Waals surface area contributed by atoms with Crippen LogP contribution in [0.1, 0.15) is 329 Å². The number of quaternary nitrogens is 1. The topological polar surface area (TPSA) is 111 Å². The molecule has 2 N–H and O–H groups in total. The molecule has 0 aliphatic rings. The Morgan fingerprint density at radius 1 is 0.432 bits per heavy atom. The molecule has 474 valence electrons. The van der Waals surface area contributed by atoms with Crippen molar-refractivity contribution in [2.75, 3.05) is 40.9 Å². The number of hydrogen-bond acceptors (Lipinski definition) is 6. The quantitative estimate of drug-likeness (QED) is 0.0205. The third kappa shape index (κ3) is 62.1. The summed E-state index contributed by atoms with van der Waals surface area (Å²) in [6.45, 7) is 7.01. The Morgan fingerprint density at radius 3 is 1.17 bits per heavy atom. The van der Waals surface area contributed by atoms with Crippen molar-refractivity contribution in [3.05, 3.63) is 60.8 Å². The van der Waals surface area contributed by atoms with E-state index in [0.717, 1.165) is 77.0 Å². The summed E-state index contributed by atoms with van der Waals surface area (Å²) < 4.78 is 30.8. The molecule has 81 heavy (non-hydrogen) atoms. The van der Waals surface area contributed by atoms with Crippen molar-refractivity contribution in [2.24, 2.45) is 0 Å². The summed E-state index contributed by atoms with van der Waals surface area (Å²) in [6, 6.07) is -0.851. The normalized spacial score (nSPS) is 13.9. The summed E-state index contributed by atoms with van der Waals surface area (Å²) in [4.78, 5) is 37.8. The Labute approximate surface area is 502 Å². The maximum atomic E-state index is 13.6. The van der Waals surface area contributed by atoms with Crippen LogP contribution < -0.4 is 5.32 Å². The van der Waals surface area contributed by atoms with Crippen molar-refractivity contribution in [2.45, 2.75) is 341 Å². The number of allylic oxidation sites excluding steroid dienone is 9. The predicted molar refractivity (Wildman–Crippen MR) is 351 cm³/mol. The lowest BCUT2D eigenvalue weighted by Gasteiger charge is -2.27. The van der Waals surface area contributed by atoms with E-state index < -0.39 is 20.0 Å². The highest BCUT2D eigenvalue weighted by Crippen LogP contribution is 2.43. The third-order valence-electron chi connectivity index (χ3n) is 15.4. The molecule has 0 aromatic rings. The fourth-order valence-electron chi connectivity index (χ4n) is 10.1. The van der Waals surface area contributed by atoms with Gasteiger partial charge in [0, 0.05) is 12.8 Å². The highest BCUT2D eigenvalue weighted by atomic mass is 31.2. The van der Waals surface area contributed by atoms with Crippen LogP contribution in [0.5, 0.6) is 0 Å². The molecule has 0 aromatic carbocycles. The van der Waals surface area contributed by atoms with Gasteiger partial charge in [-0.1, -0.05) is 281 Å². The van der Waals surface area contributed by atoms with E-state index >= 15 is 0 Å². The molecule has 3 unspecified atom stereocenters. The number of hydrogen-bond donors (Lipinski definition) is 2. The molecular formula is C71H134N2O7P+. The van der Waals surface area contributed by atoms with Gasteiger partial charge in [0.15, 0.2) is 0 Å². The number of nitrogens with zero attached hydrogens (tertiary/aromatic N) is 1. The van der Waals surface area contributed by atoms with Crippen LogP contribution in [-0.2, 0) is 27.9 Å². The van der Waals surface area contributed by atoms with Crippen molar-refractivity contribution < 1.29 is 37.3 Å². The van der Waals surface area contributed by atoms with E-state index in [1.165, 1.54) is 218 Å². The second kappa shape index (κ2) is 60.8. The molecule has 9 nitrogen and oxygen atoms in total. The van der Waals surface area contributed by atoms with Gasteiger partial charge in [-0.2, -0.15) is 0 Å². The number of nitrogens with one attached hydrogen (secondary N) is 1. The van der Waals surface area contributed by atoms with Gasteiger partial charge >= 0.3 is 13.8 Å². The van der Waals surface area contributed by atoms with Gasteiger partial charge in [0.2, 0.25) is 5.91 Å². The number of phosphoric acid groups is 1. The second-order valence-corrected chi connectivity index (χ2v) is 26.1. The van der Waals surface area contributed by atoms with Gasteiger partial charge in [-0.25, -0.2) is 4.57 Å². The van der Waals surface area contributed by atoms with E-state index in [1.54, 1.807) is 0 Å². The third-order valence-corrected chi connectivity index (χ3v) is 16.4. The zero-order valence-corrected chi connectivity index (χ0v) is 55.2. The number of carbonyl (C=O) groups excluding carboxylic acids is 2. The number of amides is 1. The van der Waals surface area contributed by atoms with Gasteiger partial charge in [0.25, 0.3) is 0 Å². The first-order valence-corrected chi connectivity index (χ1v) is 36.1. The molecule has 0 saturated heterocycles. The SMILES string of the molecule is CCCCC/C=C\C/C=C\C/C=C\CCCCCCCCCCCCCCCCC(=O)NC(COP(=O)(O)OCC[N+](C)(C)C)C(/C=C\CCCCCCCCCCCCC)OC(=O)CCCCCCCCC/C=C\CCCCCC. The molecule has 3 atom stereocenters. The molecule has 0 spiro atoms. The van der Waals surface area contributed by atoms with E-state index in [4.69, 9.17) is 13.8 Å². The van der Waals surface area contributed by atoms with Crippen molar-refractivity contribution in [3.8, 4) is 0 Å². The molecule has 0 rings (SSSR count). The lowest BCUT2D eigenvalue weighted by Crippen LogP contribution is -2.47. The molecule has 0 saturated carbocycles. The van der Waals surface area contributed by atoms with Gasteiger partial charge in [-0.3, -0.25) is 18.6 Å². The van der Waals surface area contributed by atoms with Crippen molar-refractivity contribution >= 4 is 19.7 Å². The summed E-state index contributed by atoms with van der Waals surface area (Å²) in [5.74, 6) is -0.500. The Balaban J connectivity index is 5.05. The van der Waals surface area contributed by atoms with Crippen LogP contribution in [0.2, 0.25) is 0 Å². The van der Waals surface area contributed by atoms with Gasteiger partial charge in [-0.05, 0) is 96.0 Å². The lowest BCUT2D eigenvalue weighted by molar-refractivity contribution is -0.870. The lowest BCUT2D eigenvalue weighted by atomic mass is 10.0. The molecule has 0 fully saturated rings. The molecule has 0 bridgehead atoms. The number of likely N-dealkylation sites (N-methyl/N-ethyl adjacent to an activating group) is 1. The average molecular weight is 1160 g/mol. The smallest absolute Gasteiger partial charge is 0.456 e. The zero-order chi connectivity index (χ0) is 59.3. The summed E-state index contributed by atoms with van der Waals surface area (Å²) in [5, 5.41) is 3.07. The standard InChI is InChI=1S/C71H133N2O7P/c1-7-10-13-16-19-22-25-28-30-31-32-33-34-35-36-37-38-39-40-41-43-45-48-51-54-57-60-63-70(74)72-68(67-79-81(76,77)78-66-65-73(4,5)6)69(62-59-56-53-50-47-44-27-24-21-18-15-12-9-3)80-71(75)64-61-58-55-52-49-46-42-29-26-23-20-17-14-11-8-2/h19,22-23,26,28,30,32-33,59,62,68-69H,7-18,20-21,24-25,27,29,31,34-58,60-61,63-67H2,1-6H3,(H-,72,74,76,77)/p+1/b22-19-,26-23-,30-28-,33-32-,62-59-. The van der Waals surface area contributed by atoms with E-state index in [1.807, 2.05) is 33.3 Å². The number of rotatable bonds is 63. The van der Waals surface area contributed by atoms with Crippen LogP contribution in [0.4, 0.5) is 0 Å². The fraction of sp³-hybridized carbons (Fsp3) is 0.831. The van der Waals surface area contributed by atoms with Gasteiger partial charge in [0.05, 0.1) is 33.8 Å². The molecule has 1 amide bonds. The van der Waals surface area contributed by atoms with Crippen LogP contribution >= 0.6 is 7.82 Å². The molecule has 0 heterocycles. The first-order valence-electron chi connectivity index (χ1n) is 34.6. The zero-order valence-electron chi connectivity index (χ0n) is 54.3. The minimum atomic E-state index is -4.45. The summed E-state index contributed by atoms with van der Waals surface area (Å²) in [5.41, 5.74) is 0. The first kappa shape index (κ1) is 78.7. The number of ether oxygens (including phenoxy) is 1. The Morgan fingerprint density at radius 2 is 0.753 bits per heavy atom. The summed E-state index contributed by atoms with van der Waals surface area (Å²) in [6.07, 6.45) is 78.0. The molecule has 0 aliphatic carbocycles. The maximum Gasteiger partial charge on any atom is 0.472 e. The molecule has 0 radical (unpaired) electrons. The number of unbranched alkanes of at least 4 members (excludes halogenated alkanes) is 39. The minimum absolute atomic E-state index is 0.0397. The van der Waals surface area contributed by atoms with Crippen LogP contribution in [-0.4, -0.2) is 74.3 Å². The number of esters is 1. The fourth-order valence-corrected chi connectivity index (χ4v) is 10.8. The van der Waals surface area contributed by atoms with Crippen LogP contribution in [0, 0.1) is 0 Å². The van der Waals surface area contributed by atoms with Gasteiger partial charge < -0.3 is 19.4 Å². The van der Waals surface area contributed by atoms with E-state index in [0.29, 0.717) is 17.4 Å². The maximum absolute atomic E-state index is 13.6. The molecule has 0 aromatic heterocycles. The molecule has 10 heteroatoms. The monoisotopic (exact) mass is 1160 g/mol. The van der Waals surface area contributed by atoms with Gasteiger partial charge in [-0.15, -0.1) is 0 Å². The van der Waals surface area contributed by atoms with Crippen LogP contribution in [0.15, 0.2) is 60.8 Å². The van der Waals surface area contributed by atoms with Crippen LogP contribution in [0.3, 0.4) is 0 Å². The van der Waals surface area contributed by atoms with E-state index in [2.05, 4.69) is 74.7 Å². The summed E-state index contributed by atoms with van der Waals surface area (Å²) >= 11 is 0. The average Bonchev–Trinajstić information content (AvgIpc) is 3.44. The number of carbonyl (C=O) groups is 2. The van der Waals surface area contributed by atoms with Gasteiger partial charge in [0.1, 0.15) is 19.3 Å². The Bertz CT molecular complexity index is 1570.